The van der Waals surface area contributed by atoms with E-state index in [9.17, 15) is 19.5 Å². The van der Waals surface area contributed by atoms with Crippen LogP contribution in [-0.2, 0) is 23.9 Å². The van der Waals surface area contributed by atoms with Crippen LogP contribution in [0.4, 0.5) is 5.69 Å². The van der Waals surface area contributed by atoms with E-state index in [4.69, 9.17) is 9.47 Å². The third kappa shape index (κ3) is 4.40. The number of likely N-dealkylation sites (tertiary alicyclic amines) is 1. The first kappa shape index (κ1) is 30.0. The van der Waals surface area contributed by atoms with Crippen LogP contribution in [0.25, 0.3) is 0 Å². The normalized spacial score (nSPS) is 32.0. The summed E-state index contributed by atoms with van der Waals surface area (Å²) in [6, 6.07) is 4.26. The molecule has 0 aromatic heterocycles. The van der Waals surface area contributed by atoms with Crippen molar-refractivity contribution in [2.45, 2.75) is 77.7 Å². The first-order valence-corrected chi connectivity index (χ1v) is 14.3. The summed E-state index contributed by atoms with van der Waals surface area (Å²) in [6.07, 6.45) is 4.29. The highest BCUT2D eigenvalue weighted by atomic mass is 16.6. The van der Waals surface area contributed by atoms with Gasteiger partial charge in [0.2, 0.25) is 5.91 Å². The predicted molar refractivity (Wildman–Crippen MR) is 154 cm³/mol. The summed E-state index contributed by atoms with van der Waals surface area (Å²) in [6.45, 7) is 19.2. The number of aliphatic hydroxyl groups is 1. The van der Waals surface area contributed by atoms with Gasteiger partial charge in [-0.2, -0.15) is 0 Å². The summed E-state index contributed by atoms with van der Waals surface area (Å²) in [5.74, 6) is -3.15. The lowest BCUT2D eigenvalue weighted by Crippen LogP contribution is -2.60. The maximum Gasteiger partial charge on any atom is 0.313 e. The second-order valence-corrected chi connectivity index (χ2v) is 12.0. The zero-order chi connectivity index (χ0) is 29.6. The Hall–Kier alpha value is -2.97. The number of aliphatic hydroxyl groups excluding tert-OH is 1. The first-order valence-electron chi connectivity index (χ1n) is 14.3. The van der Waals surface area contributed by atoms with Gasteiger partial charge in [0.1, 0.15) is 24.2 Å². The van der Waals surface area contributed by atoms with Crippen molar-refractivity contribution in [3.8, 4) is 0 Å². The SMILES string of the molecule is C=CCOC(=O)[C@H]1[C@H]2C(=O)N([C@@H](CO)[C@@H](C)CC)C(C(=O)N(CC=C)c3cc(C)ccc3C)C23CC(C)[C@]1(C)O3. The van der Waals surface area contributed by atoms with Crippen LogP contribution in [0.15, 0.2) is 43.5 Å². The van der Waals surface area contributed by atoms with E-state index in [0.29, 0.717) is 12.8 Å². The Morgan fingerprint density at radius 2 is 2.00 bits per heavy atom. The topological polar surface area (TPSA) is 96.4 Å². The van der Waals surface area contributed by atoms with E-state index in [1.807, 2.05) is 59.7 Å². The zero-order valence-corrected chi connectivity index (χ0v) is 24.7. The zero-order valence-electron chi connectivity index (χ0n) is 24.7. The number of hydrogen-bond acceptors (Lipinski definition) is 6. The fourth-order valence-electron chi connectivity index (χ4n) is 7.31. The molecule has 4 rings (SSSR count). The van der Waals surface area contributed by atoms with Crippen LogP contribution in [0.2, 0.25) is 0 Å². The first-order chi connectivity index (χ1) is 18.9. The summed E-state index contributed by atoms with van der Waals surface area (Å²) in [5.41, 5.74) is 0.425. The number of hydrogen-bond donors (Lipinski definition) is 1. The molecule has 0 saturated carbocycles. The van der Waals surface area contributed by atoms with Crippen molar-refractivity contribution in [1.29, 1.82) is 0 Å². The number of aryl methyl sites for hydroxylation is 2. The van der Waals surface area contributed by atoms with E-state index in [1.165, 1.54) is 6.08 Å². The third-order valence-electron chi connectivity index (χ3n) is 9.66. The summed E-state index contributed by atoms with van der Waals surface area (Å²) in [5, 5.41) is 10.6. The number of esters is 1. The van der Waals surface area contributed by atoms with Gasteiger partial charge in [0.05, 0.1) is 24.2 Å². The number of ether oxygens (including phenoxy) is 2. The number of rotatable bonds is 11. The predicted octanol–water partition coefficient (Wildman–Crippen LogP) is 3.97. The molecule has 3 unspecified atom stereocenters. The minimum atomic E-state index is -1.24. The molecule has 8 atom stereocenters. The largest absolute Gasteiger partial charge is 0.461 e. The molecule has 8 nitrogen and oxygen atoms in total. The number of benzene rings is 1. The summed E-state index contributed by atoms with van der Waals surface area (Å²) in [7, 11) is 0. The van der Waals surface area contributed by atoms with Crippen molar-refractivity contribution >= 4 is 23.5 Å². The van der Waals surface area contributed by atoms with E-state index in [2.05, 4.69) is 13.2 Å². The van der Waals surface area contributed by atoms with Crippen molar-refractivity contribution in [2.75, 3.05) is 24.7 Å². The average Bonchev–Trinajstić information content (AvgIpc) is 3.44. The lowest BCUT2D eigenvalue weighted by atomic mass is 9.62. The maximum atomic E-state index is 14.9. The van der Waals surface area contributed by atoms with Gasteiger partial charge in [-0.15, -0.1) is 6.58 Å². The number of amides is 2. The van der Waals surface area contributed by atoms with Crippen LogP contribution in [0, 0.1) is 37.5 Å². The van der Waals surface area contributed by atoms with Gasteiger partial charge in [-0.1, -0.05) is 58.1 Å². The average molecular weight is 553 g/mol. The number of fused-ring (bicyclic) bond motifs is 1. The molecule has 2 amide bonds. The summed E-state index contributed by atoms with van der Waals surface area (Å²) < 4.78 is 12.3. The molecule has 218 valence electrons. The van der Waals surface area contributed by atoms with Gasteiger partial charge >= 0.3 is 5.97 Å². The van der Waals surface area contributed by atoms with Crippen molar-refractivity contribution in [3.05, 3.63) is 54.6 Å². The van der Waals surface area contributed by atoms with Crippen LogP contribution in [0.5, 0.6) is 0 Å². The fraction of sp³-hybridized carbons (Fsp3) is 0.594. The second kappa shape index (κ2) is 11.1. The Bertz CT molecular complexity index is 1200. The van der Waals surface area contributed by atoms with Crippen molar-refractivity contribution in [2.24, 2.45) is 23.7 Å². The number of anilines is 1. The molecule has 3 heterocycles. The van der Waals surface area contributed by atoms with E-state index >= 15 is 0 Å². The Kier molecular flexibility index (Phi) is 8.35. The maximum absolute atomic E-state index is 14.9. The standard InChI is InChI=1S/C32H44N2O6/c1-9-14-33(23-16-19(4)12-13-21(23)6)29(37)27-32-17-22(7)31(8,40-32)26(30(38)39-15-10-2)25(32)28(36)34(27)24(18-35)20(5)11-3/h9-10,12-13,16,20,22,24-27,35H,1-2,11,14-15,17-18H2,3-8H3/t20-,22?,24-,25-,26+,27?,31-,32?/m0/s1. The highest BCUT2D eigenvalue weighted by Gasteiger charge is 2.81. The molecule has 1 aromatic carbocycles. The monoisotopic (exact) mass is 552 g/mol. The molecule has 1 aromatic rings. The number of carbonyl (C=O) groups is 3. The highest BCUT2D eigenvalue weighted by Crippen LogP contribution is 2.66. The molecule has 8 heteroatoms. The Morgan fingerprint density at radius 3 is 2.60 bits per heavy atom. The van der Waals surface area contributed by atoms with Gasteiger partial charge in [0, 0.05) is 12.2 Å². The van der Waals surface area contributed by atoms with Gasteiger partial charge in [0.15, 0.2) is 0 Å². The molecule has 40 heavy (non-hydrogen) atoms. The van der Waals surface area contributed by atoms with Gasteiger partial charge in [0.25, 0.3) is 5.91 Å². The smallest absolute Gasteiger partial charge is 0.313 e. The molecule has 2 bridgehead atoms. The quantitative estimate of drug-likeness (QED) is 0.330. The molecule has 3 aliphatic rings. The molecule has 1 spiro atoms. The highest BCUT2D eigenvalue weighted by molar-refractivity contribution is 6.05. The number of nitrogens with zero attached hydrogens (tertiary/aromatic N) is 2. The third-order valence-corrected chi connectivity index (χ3v) is 9.66. The molecule has 0 radical (unpaired) electrons. The van der Waals surface area contributed by atoms with Gasteiger partial charge in [-0.25, -0.2) is 0 Å². The minimum absolute atomic E-state index is 0.0195. The fourth-order valence-corrected chi connectivity index (χ4v) is 7.31. The molecule has 3 saturated heterocycles. The Morgan fingerprint density at radius 1 is 1.30 bits per heavy atom. The van der Waals surface area contributed by atoms with E-state index in [0.717, 1.165) is 16.8 Å². The summed E-state index contributed by atoms with van der Waals surface area (Å²) >= 11 is 0. The van der Waals surface area contributed by atoms with Crippen molar-refractivity contribution in [1.82, 2.24) is 4.90 Å². The van der Waals surface area contributed by atoms with Crippen LogP contribution >= 0.6 is 0 Å². The van der Waals surface area contributed by atoms with Crippen LogP contribution < -0.4 is 4.90 Å². The molecule has 3 aliphatic heterocycles. The molecule has 3 fully saturated rings. The van der Waals surface area contributed by atoms with Gasteiger partial charge in [-0.05, 0) is 56.2 Å². The molecular weight excluding hydrogens is 508 g/mol. The van der Waals surface area contributed by atoms with E-state index < -0.39 is 41.1 Å². The van der Waals surface area contributed by atoms with Crippen LogP contribution in [0.3, 0.4) is 0 Å². The van der Waals surface area contributed by atoms with Gasteiger partial charge in [-0.3, -0.25) is 14.4 Å². The Balaban J connectivity index is 1.92. The van der Waals surface area contributed by atoms with Crippen molar-refractivity contribution in [3.63, 3.8) is 0 Å². The van der Waals surface area contributed by atoms with Gasteiger partial charge < -0.3 is 24.4 Å². The van der Waals surface area contributed by atoms with Crippen molar-refractivity contribution < 1.29 is 29.0 Å². The van der Waals surface area contributed by atoms with E-state index in [-0.39, 0.29) is 43.4 Å². The lowest BCUT2D eigenvalue weighted by Gasteiger charge is -2.41. The molecule has 1 N–H and O–H groups in total. The van der Waals surface area contributed by atoms with E-state index in [1.54, 1.807) is 15.9 Å². The number of carbonyl (C=O) groups excluding carboxylic acids is 3. The second-order valence-electron chi connectivity index (χ2n) is 12.0. The molecule has 0 aliphatic carbocycles. The summed E-state index contributed by atoms with van der Waals surface area (Å²) in [4.78, 5) is 46.1. The van der Waals surface area contributed by atoms with Crippen LogP contribution in [-0.4, -0.2) is 70.8 Å². The Labute approximate surface area is 238 Å². The minimum Gasteiger partial charge on any atom is -0.461 e. The lowest BCUT2D eigenvalue weighted by molar-refractivity contribution is -0.162. The molecular formula is C32H44N2O6. The van der Waals surface area contributed by atoms with Crippen LogP contribution in [0.1, 0.15) is 51.7 Å².